The SMILES string of the molecule is N#Cc1cccc(-c2nnc(N[C@H]3N=C(c4ccccc4)c4ccccc4CC3=O)o2)c1. The van der Waals surface area contributed by atoms with Gasteiger partial charge < -0.3 is 9.73 Å². The van der Waals surface area contributed by atoms with E-state index >= 15 is 0 Å². The van der Waals surface area contributed by atoms with E-state index in [2.05, 4.69) is 21.6 Å². The molecule has 0 spiro atoms. The van der Waals surface area contributed by atoms with Crippen LogP contribution >= 0.6 is 0 Å². The summed E-state index contributed by atoms with van der Waals surface area (Å²) in [6.07, 6.45) is -0.643. The number of anilines is 1. The van der Waals surface area contributed by atoms with Gasteiger partial charge in [0.25, 0.3) is 0 Å². The minimum Gasteiger partial charge on any atom is -0.403 e. The highest BCUT2D eigenvalue weighted by Crippen LogP contribution is 2.24. The zero-order chi connectivity index (χ0) is 21.9. The number of carbonyl (C=O) groups is 1. The third kappa shape index (κ3) is 3.77. The van der Waals surface area contributed by atoms with Crippen molar-refractivity contribution in [3.63, 3.8) is 0 Å². The molecule has 1 aliphatic rings. The molecule has 0 aliphatic carbocycles. The highest BCUT2D eigenvalue weighted by molar-refractivity contribution is 6.16. The van der Waals surface area contributed by atoms with Crippen LogP contribution in [0.25, 0.3) is 11.5 Å². The molecule has 0 saturated heterocycles. The van der Waals surface area contributed by atoms with Gasteiger partial charge in [0.1, 0.15) is 0 Å². The summed E-state index contributed by atoms with van der Waals surface area (Å²) in [6.45, 7) is 0. The predicted octanol–water partition coefficient (Wildman–Crippen LogP) is 4.01. The van der Waals surface area contributed by atoms with Gasteiger partial charge in [0.2, 0.25) is 5.89 Å². The van der Waals surface area contributed by atoms with Gasteiger partial charge in [0.15, 0.2) is 11.9 Å². The molecule has 32 heavy (non-hydrogen) atoms. The Morgan fingerprint density at radius 3 is 2.56 bits per heavy atom. The lowest BCUT2D eigenvalue weighted by Crippen LogP contribution is -2.29. The first-order chi connectivity index (χ1) is 15.7. The summed E-state index contributed by atoms with van der Waals surface area (Å²) in [6, 6.07) is 26.6. The van der Waals surface area contributed by atoms with E-state index in [1.807, 2.05) is 54.6 Å². The standard InChI is InChI=1S/C25H17N5O2/c26-15-16-7-6-11-19(13-16)24-29-30-25(32-24)28-23-21(31)14-18-10-4-5-12-20(18)22(27-23)17-8-2-1-3-9-17/h1-13,23H,14H2,(H,28,30)/t23-/m1/s1. The highest BCUT2D eigenvalue weighted by Gasteiger charge is 2.27. The number of benzene rings is 3. The third-order valence-electron chi connectivity index (χ3n) is 5.17. The Morgan fingerprint density at radius 1 is 0.938 bits per heavy atom. The van der Waals surface area contributed by atoms with Crippen molar-refractivity contribution in [1.82, 2.24) is 10.2 Å². The molecule has 7 nitrogen and oxygen atoms in total. The van der Waals surface area contributed by atoms with Gasteiger partial charge in [-0.25, -0.2) is 0 Å². The normalized spacial score (nSPS) is 15.3. The number of fused-ring (bicyclic) bond motifs is 1. The van der Waals surface area contributed by atoms with E-state index in [1.165, 1.54) is 0 Å². The van der Waals surface area contributed by atoms with Crippen LogP contribution in [0.5, 0.6) is 0 Å². The van der Waals surface area contributed by atoms with Crippen LogP contribution in [-0.2, 0) is 11.2 Å². The maximum Gasteiger partial charge on any atom is 0.317 e. The van der Waals surface area contributed by atoms with E-state index in [0.717, 1.165) is 22.4 Å². The van der Waals surface area contributed by atoms with Crippen LogP contribution < -0.4 is 5.32 Å². The summed E-state index contributed by atoms with van der Waals surface area (Å²) in [5, 5.41) is 20.1. The van der Waals surface area contributed by atoms with Crippen LogP contribution in [0, 0.1) is 11.3 Å². The topological polar surface area (TPSA) is 104 Å². The predicted molar refractivity (Wildman–Crippen MR) is 119 cm³/mol. The van der Waals surface area contributed by atoms with E-state index in [1.54, 1.807) is 24.3 Å². The molecule has 4 aromatic rings. The van der Waals surface area contributed by atoms with Crippen LogP contribution in [-0.4, -0.2) is 27.9 Å². The van der Waals surface area contributed by atoms with Gasteiger partial charge >= 0.3 is 6.01 Å². The molecule has 1 N–H and O–H groups in total. The van der Waals surface area contributed by atoms with Gasteiger partial charge in [-0.15, -0.1) is 5.10 Å². The third-order valence-corrected chi connectivity index (χ3v) is 5.17. The smallest absolute Gasteiger partial charge is 0.317 e. The van der Waals surface area contributed by atoms with Gasteiger partial charge in [0, 0.05) is 23.1 Å². The van der Waals surface area contributed by atoms with Crippen LogP contribution in [0.3, 0.4) is 0 Å². The van der Waals surface area contributed by atoms with E-state index in [0.29, 0.717) is 11.1 Å². The highest BCUT2D eigenvalue weighted by atomic mass is 16.4. The summed E-state index contributed by atoms with van der Waals surface area (Å²) in [5.74, 6) is 0.149. The zero-order valence-electron chi connectivity index (χ0n) is 16.9. The van der Waals surface area contributed by atoms with Gasteiger partial charge in [0.05, 0.1) is 17.3 Å². The maximum atomic E-state index is 13.0. The van der Waals surface area contributed by atoms with Crippen molar-refractivity contribution in [3.8, 4) is 17.5 Å². The second-order valence-corrected chi connectivity index (χ2v) is 7.30. The van der Waals surface area contributed by atoms with Crippen LogP contribution in [0.15, 0.2) is 88.3 Å². The minimum absolute atomic E-state index is 0.0860. The number of Topliss-reactive ketones (excluding diaryl/α,β-unsaturated/α-hetero) is 1. The van der Waals surface area contributed by atoms with Gasteiger partial charge in [-0.3, -0.25) is 9.79 Å². The molecule has 5 rings (SSSR count). The fourth-order valence-electron chi connectivity index (χ4n) is 3.64. The molecule has 0 fully saturated rings. The number of aliphatic imine (C=N–C) groups is 1. The fourth-order valence-corrected chi connectivity index (χ4v) is 3.64. The van der Waals surface area contributed by atoms with E-state index < -0.39 is 6.17 Å². The number of ketones is 1. The van der Waals surface area contributed by atoms with Crippen molar-refractivity contribution in [3.05, 3.63) is 101 Å². The number of hydrogen-bond donors (Lipinski definition) is 1. The number of aromatic nitrogens is 2. The molecule has 3 aromatic carbocycles. The number of carbonyl (C=O) groups excluding carboxylic acids is 1. The van der Waals surface area contributed by atoms with Gasteiger partial charge in [-0.05, 0) is 23.8 Å². The summed E-state index contributed by atoms with van der Waals surface area (Å²) in [5.41, 5.74) is 4.61. The molecule has 1 aliphatic heterocycles. The van der Waals surface area contributed by atoms with Crippen LogP contribution in [0.2, 0.25) is 0 Å². The molecule has 7 heteroatoms. The summed E-state index contributed by atoms with van der Waals surface area (Å²) in [4.78, 5) is 17.8. The monoisotopic (exact) mass is 419 g/mol. The Kier molecular flexibility index (Phi) is 5.02. The molecule has 1 aromatic heterocycles. The molecule has 1 atom stereocenters. The number of rotatable bonds is 4. The largest absolute Gasteiger partial charge is 0.403 e. The Labute approximate surface area is 184 Å². The molecule has 2 heterocycles. The van der Waals surface area contributed by atoms with Gasteiger partial charge in [-0.2, -0.15) is 5.26 Å². The summed E-state index contributed by atoms with van der Waals surface area (Å²) < 4.78 is 5.71. The van der Waals surface area contributed by atoms with Crippen LogP contribution in [0.1, 0.15) is 22.3 Å². The van der Waals surface area contributed by atoms with Crippen molar-refractivity contribution in [1.29, 1.82) is 5.26 Å². The zero-order valence-corrected chi connectivity index (χ0v) is 16.9. The summed E-state index contributed by atoms with van der Waals surface area (Å²) >= 11 is 0. The first-order valence-electron chi connectivity index (χ1n) is 10.1. The lowest BCUT2D eigenvalue weighted by Gasteiger charge is -2.11. The number of nitrogens with one attached hydrogen (secondary N) is 1. The van der Waals surface area contributed by atoms with Crippen molar-refractivity contribution in [2.45, 2.75) is 12.6 Å². The van der Waals surface area contributed by atoms with E-state index in [-0.39, 0.29) is 24.1 Å². The first kappa shape index (κ1) is 19.4. The molecule has 0 bridgehead atoms. The van der Waals surface area contributed by atoms with Crippen molar-refractivity contribution >= 4 is 17.5 Å². The minimum atomic E-state index is -0.878. The van der Waals surface area contributed by atoms with E-state index in [4.69, 9.17) is 14.7 Å². The lowest BCUT2D eigenvalue weighted by atomic mass is 9.96. The summed E-state index contributed by atoms with van der Waals surface area (Å²) in [7, 11) is 0. The molecule has 0 radical (unpaired) electrons. The van der Waals surface area contributed by atoms with Crippen LogP contribution in [0.4, 0.5) is 6.01 Å². The van der Waals surface area contributed by atoms with Crippen molar-refractivity contribution in [2.24, 2.45) is 4.99 Å². The van der Waals surface area contributed by atoms with Crippen molar-refractivity contribution in [2.75, 3.05) is 5.32 Å². The Morgan fingerprint density at radius 2 is 1.72 bits per heavy atom. The second-order valence-electron chi connectivity index (χ2n) is 7.30. The molecule has 0 unspecified atom stereocenters. The number of hydrogen-bond acceptors (Lipinski definition) is 7. The first-order valence-corrected chi connectivity index (χ1v) is 10.1. The molecule has 0 amide bonds. The molecular weight excluding hydrogens is 402 g/mol. The fraction of sp³-hybridized carbons (Fsp3) is 0.0800. The Hall–Kier alpha value is -4.57. The quantitative estimate of drug-likeness (QED) is 0.536. The molecular formula is C25H17N5O2. The number of nitrogens with zero attached hydrogens (tertiary/aromatic N) is 4. The average Bonchev–Trinajstić information content (AvgIpc) is 3.26. The average molecular weight is 419 g/mol. The molecule has 0 saturated carbocycles. The molecule has 154 valence electrons. The van der Waals surface area contributed by atoms with Crippen molar-refractivity contribution < 1.29 is 9.21 Å². The maximum absolute atomic E-state index is 13.0. The Bertz CT molecular complexity index is 1370. The Balaban J connectivity index is 1.49. The number of nitriles is 1. The lowest BCUT2D eigenvalue weighted by molar-refractivity contribution is -0.119. The second kappa shape index (κ2) is 8.28. The van der Waals surface area contributed by atoms with Gasteiger partial charge in [-0.1, -0.05) is 65.8 Å². The van der Waals surface area contributed by atoms with E-state index in [9.17, 15) is 4.79 Å².